The van der Waals surface area contributed by atoms with E-state index in [1.54, 1.807) is 12.5 Å². The molecule has 0 aromatic heterocycles. The summed E-state index contributed by atoms with van der Waals surface area (Å²) in [4.78, 5) is 27.1. The van der Waals surface area contributed by atoms with Gasteiger partial charge < -0.3 is 10.2 Å². The van der Waals surface area contributed by atoms with E-state index in [0.29, 0.717) is 6.07 Å². The Kier molecular flexibility index (Phi) is 8.59. The second-order valence-electron chi connectivity index (χ2n) is 8.14. The van der Waals surface area contributed by atoms with Crippen LogP contribution in [0.15, 0.2) is 36.4 Å². The number of hydrogen-bond donors (Lipinski definition) is 1. The third kappa shape index (κ3) is 5.71. The van der Waals surface area contributed by atoms with Crippen LogP contribution in [0.1, 0.15) is 35.3 Å². The van der Waals surface area contributed by atoms with E-state index in [1.807, 2.05) is 0 Å². The highest BCUT2D eigenvalue weighted by molar-refractivity contribution is 7.83. The highest BCUT2D eigenvalue weighted by Crippen LogP contribution is 2.39. The molecule has 0 saturated carbocycles. The Labute approximate surface area is 213 Å². The van der Waals surface area contributed by atoms with Crippen molar-refractivity contribution in [3.8, 4) is 6.07 Å². The van der Waals surface area contributed by atoms with Crippen molar-refractivity contribution in [1.82, 2.24) is 5.32 Å². The van der Waals surface area contributed by atoms with Gasteiger partial charge in [0.05, 0.1) is 28.4 Å². The molecular formula is C23H22F4N4O3S2. The Morgan fingerprint density at radius 1 is 1.14 bits per heavy atom. The molecule has 0 spiro atoms. The summed E-state index contributed by atoms with van der Waals surface area (Å²) < 4.78 is 64.3. The van der Waals surface area contributed by atoms with Crippen molar-refractivity contribution in [2.45, 2.75) is 25.6 Å². The third-order valence-corrected chi connectivity index (χ3v) is 5.40. The minimum atomic E-state index is -4.82. The molecule has 0 unspecified atom stereocenters. The van der Waals surface area contributed by atoms with Crippen LogP contribution < -0.4 is 15.1 Å². The van der Waals surface area contributed by atoms with Crippen LogP contribution in [0.2, 0.25) is 0 Å². The van der Waals surface area contributed by atoms with Gasteiger partial charge in [-0.3, -0.25) is 18.7 Å². The normalized spacial score (nSPS) is 14.9. The van der Waals surface area contributed by atoms with E-state index >= 15 is 0 Å². The molecule has 2 aromatic carbocycles. The lowest BCUT2D eigenvalue weighted by molar-refractivity contribution is -0.137. The Hall–Kier alpha value is -3.37. The van der Waals surface area contributed by atoms with Crippen molar-refractivity contribution < 1.29 is 31.4 Å². The monoisotopic (exact) mass is 542 g/mol. The first-order valence-electron chi connectivity index (χ1n) is 10.1. The fourth-order valence-electron chi connectivity index (χ4n) is 3.42. The minimum Gasteiger partial charge on any atom is -0.355 e. The smallest absolute Gasteiger partial charge is 0.355 e. The van der Waals surface area contributed by atoms with Crippen LogP contribution >= 0.6 is 12.2 Å². The summed E-state index contributed by atoms with van der Waals surface area (Å²) in [5.41, 5.74) is -3.42. The zero-order chi connectivity index (χ0) is 27.6. The molecule has 1 saturated heterocycles. The van der Waals surface area contributed by atoms with Gasteiger partial charge in [-0.1, -0.05) is 0 Å². The first-order chi connectivity index (χ1) is 16.6. The average molecular weight is 543 g/mol. The van der Waals surface area contributed by atoms with Crippen LogP contribution in [0.5, 0.6) is 0 Å². The number of anilines is 2. The number of hydrogen-bond acceptors (Lipinski definition) is 5. The first kappa shape index (κ1) is 28.9. The van der Waals surface area contributed by atoms with Crippen molar-refractivity contribution in [3.05, 3.63) is 58.9 Å². The Bertz CT molecular complexity index is 1290. The summed E-state index contributed by atoms with van der Waals surface area (Å²) in [7, 11) is 0.734. The predicted octanol–water partition coefficient (Wildman–Crippen LogP) is 3.99. The highest BCUT2D eigenvalue weighted by Gasteiger charge is 2.50. The van der Waals surface area contributed by atoms with E-state index in [-0.39, 0.29) is 22.1 Å². The number of halogens is 4. The molecule has 2 aromatic rings. The van der Waals surface area contributed by atoms with Gasteiger partial charge in [0.1, 0.15) is 11.4 Å². The van der Waals surface area contributed by atoms with Gasteiger partial charge in [0.15, 0.2) is 5.11 Å². The Morgan fingerprint density at radius 2 is 1.69 bits per heavy atom. The molecule has 0 bridgehead atoms. The largest absolute Gasteiger partial charge is 0.417 e. The molecule has 2 amide bonds. The number of nitrogens with one attached hydrogen (secondary N) is 1. The first-order valence-corrected chi connectivity index (χ1v) is 12.5. The van der Waals surface area contributed by atoms with E-state index < -0.39 is 51.3 Å². The van der Waals surface area contributed by atoms with E-state index in [9.17, 15) is 31.4 Å². The fraction of sp³-hybridized carbons (Fsp3) is 0.304. The lowest BCUT2D eigenvalue weighted by atomic mass is 10.0. The van der Waals surface area contributed by atoms with Crippen LogP contribution in [0.25, 0.3) is 0 Å². The summed E-state index contributed by atoms with van der Waals surface area (Å²) >= 11 is 5.38. The molecule has 13 heteroatoms. The molecule has 1 N–H and O–H groups in total. The molecule has 1 aliphatic heterocycles. The van der Waals surface area contributed by atoms with Gasteiger partial charge in [-0.2, -0.15) is 18.4 Å². The van der Waals surface area contributed by atoms with Gasteiger partial charge in [0.2, 0.25) is 0 Å². The number of amides is 2. The van der Waals surface area contributed by atoms with Gasteiger partial charge in [-0.15, -0.1) is 0 Å². The molecule has 1 aliphatic rings. The molecule has 3 rings (SSSR count). The van der Waals surface area contributed by atoms with E-state index in [1.165, 1.54) is 50.1 Å². The second-order valence-corrected chi connectivity index (χ2v) is 9.99. The molecule has 0 aliphatic carbocycles. The van der Waals surface area contributed by atoms with Gasteiger partial charge in [-0.05, 0) is 62.5 Å². The average Bonchev–Trinajstić information content (AvgIpc) is 2.95. The zero-order valence-electron chi connectivity index (χ0n) is 19.9. The van der Waals surface area contributed by atoms with Crippen molar-refractivity contribution in [2.24, 2.45) is 0 Å². The second kappa shape index (κ2) is 10.7. The van der Waals surface area contributed by atoms with Crippen LogP contribution in [-0.2, 0) is 21.8 Å². The molecule has 36 heavy (non-hydrogen) atoms. The topological polar surface area (TPSA) is 93.5 Å². The molecule has 1 heterocycles. The molecule has 192 valence electrons. The number of rotatable bonds is 3. The Balaban J connectivity index is 0.00000106. The van der Waals surface area contributed by atoms with Crippen molar-refractivity contribution in [3.63, 3.8) is 0 Å². The van der Waals surface area contributed by atoms with E-state index in [0.717, 1.165) is 17.0 Å². The number of nitrogens with zero attached hydrogens (tertiary/aromatic N) is 3. The van der Waals surface area contributed by atoms with Crippen LogP contribution in [0.4, 0.5) is 28.9 Å². The lowest BCUT2D eigenvalue weighted by Gasteiger charge is -2.29. The molecule has 0 atom stereocenters. The number of carbonyl (C=O) groups is 2. The SMILES string of the molecule is CNC(=O)c1ccc(N2C(=S)N(c3ccc(C#N)c(C(F)(F)F)c3)C(=O)C2(C)C)cc1F.CS(C)=O. The number of benzene rings is 2. The van der Waals surface area contributed by atoms with Gasteiger partial charge in [0, 0.05) is 36.0 Å². The lowest BCUT2D eigenvalue weighted by Crippen LogP contribution is -2.44. The summed E-state index contributed by atoms with van der Waals surface area (Å²) in [6.07, 6.45) is -1.54. The summed E-state index contributed by atoms with van der Waals surface area (Å²) in [6.45, 7) is 2.97. The highest BCUT2D eigenvalue weighted by atomic mass is 32.2. The standard InChI is InChI=1S/C21H16F4N4O2S.C2H6OS/c1-20(2)18(31)28(12-5-4-11(10-26)15(8-12)21(23,24)25)19(32)29(20)13-6-7-14(16(22)9-13)17(30)27-3;1-4(2)3/h4-9H,1-3H3,(H,27,30);1-2H3. The molecular weight excluding hydrogens is 520 g/mol. The number of thiocarbonyl (C=S) groups is 1. The summed E-state index contributed by atoms with van der Waals surface area (Å²) in [6, 6.07) is 7.93. The maximum Gasteiger partial charge on any atom is 0.417 e. The van der Waals surface area contributed by atoms with Crippen LogP contribution in [-0.4, -0.2) is 46.2 Å². The zero-order valence-corrected chi connectivity index (χ0v) is 21.5. The van der Waals surface area contributed by atoms with Crippen molar-refractivity contribution in [2.75, 3.05) is 29.4 Å². The van der Waals surface area contributed by atoms with Gasteiger partial charge in [0.25, 0.3) is 11.8 Å². The van der Waals surface area contributed by atoms with Gasteiger partial charge >= 0.3 is 6.18 Å². The maximum atomic E-state index is 14.5. The van der Waals surface area contributed by atoms with Crippen molar-refractivity contribution >= 4 is 51.3 Å². The summed E-state index contributed by atoms with van der Waals surface area (Å²) in [5.74, 6) is -2.15. The number of carbonyl (C=O) groups excluding carboxylic acids is 2. The molecule has 7 nitrogen and oxygen atoms in total. The van der Waals surface area contributed by atoms with E-state index in [2.05, 4.69) is 5.32 Å². The van der Waals surface area contributed by atoms with E-state index in [4.69, 9.17) is 17.5 Å². The van der Waals surface area contributed by atoms with Crippen LogP contribution in [0.3, 0.4) is 0 Å². The number of nitriles is 1. The maximum absolute atomic E-state index is 14.5. The molecule has 0 radical (unpaired) electrons. The predicted molar refractivity (Wildman–Crippen MR) is 133 cm³/mol. The Morgan fingerprint density at radius 3 is 2.17 bits per heavy atom. The molecule has 1 fully saturated rings. The van der Waals surface area contributed by atoms with Crippen LogP contribution in [0, 0.1) is 17.1 Å². The minimum absolute atomic E-state index is 0.144. The quantitative estimate of drug-likeness (QED) is 0.466. The summed E-state index contributed by atoms with van der Waals surface area (Å²) in [5, 5.41) is 11.1. The number of alkyl halides is 3. The van der Waals surface area contributed by atoms with Gasteiger partial charge in [-0.25, -0.2) is 4.39 Å². The van der Waals surface area contributed by atoms with Crippen molar-refractivity contribution in [1.29, 1.82) is 5.26 Å². The fourth-order valence-corrected chi connectivity index (χ4v) is 3.94. The third-order valence-electron chi connectivity index (χ3n) is 5.04.